The van der Waals surface area contributed by atoms with Crippen molar-refractivity contribution >= 4 is 5.91 Å². The fourth-order valence-corrected chi connectivity index (χ4v) is 3.25. The molecule has 1 fully saturated rings. The van der Waals surface area contributed by atoms with Crippen molar-refractivity contribution in [2.45, 2.75) is 32.0 Å². The minimum absolute atomic E-state index is 0.0498. The summed E-state index contributed by atoms with van der Waals surface area (Å²) in [7, 11) is 0. The maximum atomic E-state index is 12.8. The van der Waals surface area contributed by atoms with Gasteiger partial charge in [0.15, 0.2) is 6.61 Å². The van der Waals surface area contributed by atoms with Gasteiger partial charge in [0.2, 0.25) is 0 Å². The molecule has 0 radical (unpaired) electrons. The van der Waals surface area contributed by atoms with Crippen LogP contribution in [0.3, 0.4) is 0 Å². The molecule has 1 aromatic heterocycles. The molecule has 0 bridgehead atoms. The van der Waals surface area contributed by atoms with Crippen LogP contribution in [0.4, 0.5) is 0 Å². The molecule has 3 aromatic rings. The second-order valence-corrected chi connectivity index (χ2v) is 6.97. The van der Waals surface area contributed by atoms with Crippen molar-refractivity contribution in [1.29, 1.82) is 0 Å². The molecule has 1 aliphatic carbocycles. The average Bonchev–Trinajstić information content (AvgIpc) is 3.46. The molecule has 1 saturated carbocycles. The first-order chi connectivity index (χ1) is 13.3. The number of amides is 1. The smallest absolute Gasteiger partial charge is 0.261 e. The minimum Gasteiger partial charge on any atom is -0.484 e. The van der Waals surface area contributed by atoms with Crippen LogP contribution in [0.5, 0.6) is 5.75 Å². The number of benzene rings is 2. The summed E-state index contributed by atoms with van der Waals surface area (Å²) in [6.07, 6.45) is 4.24. The molecule has 1 aliphatic rings. The molecule has 4 heteroatoms. The van der Waals surface area contributed by atoms with E-state index in [1.165, 1.54) is 5.56 Å². The van der Waals surface area contributed by atoms with E-state index in [1.807, 2.05) is 47.4 Å². The number of aromatic nitrogens is 1. The van der Waals surface area contributed by atoms with Crippen molar-refractivity contribution in [3.8, 4) is 5.75 Å². The largest absolute Gasteiger partial charge is 0.484 e. The van der Waals surface area contributed by atoms with Gasteiger partial charge in [0.25, 0.3) is 5.91 Å². The predicted octanol–water partition coefficient (Wildman–Crippen LogP) is 4.11. The van der Waals surface area contributed by atoms with Gasteiger partial charge in [-0.25, -0.2) is 0 Å². The van der Waals surface area contributed by atoms with Crippen LogP contribution >= 0.6 is 0 Å². The molecule has 0 spiro atoms. The Hall–Kier alpha value is -3.01. The number of carbonyl (C=O) groups is 1. The Kier molecular flexibility index (Phi) is 5.24. The molecule has 0 unspecified atom stereocenters. The monoisotopic (exact) mass is 360 g/mol. The van der Waals surface area contributed by atoms with Crippen LogP contribution < -0.4 is 4.74 Å². The lowest BCUT2D eigenvalue weighted by atomic mass is 10.2. The molecule has 27 heavy (non-hydrogen) atoms. The van der Waals surface area contributed by atoms with Crippen LogP contribution in [-0.2, 0) is 17.9 Å². The van der Waals surface area contributed by atoms with Crippen LogP contribution in [0, 0.1) is 0 Å². The molecular formula is C23H24N2O2. The van der Waals surface area contributed by atoms with Gasteiger partial charge >= 0.3 is 0 Å². The Morgan fingerprint density at radius 2 is 1.67 bits per heavy atom. The number of rotatable bonds is 8. The number of ether oxygens (including phenoxy) is 1. The lowest BCUT2D eigenvalue weighted by Crippen LogP contribution is -2.36. The zero-order chi connectivity index (χ0) is 18.5. The molecule has 4 nitrogen and oxygen atoms in total. The van der Waals surface area contributed by atoms with Gasteiger partial charge in [-0.15, -0.1) is 0 Å². The highest BCUT2D eigenvalue weighted by Gasteiger charge is 2.33. The van der Waals surface area contributed by atoms with Crippen molar-refractivity contribution in [2.24, 2.45) is 0 Å². The van der Waals surface area contributed by atoms with E-state index in [4.69, 9.17) is 4.74 Å². The first kappa shape index (κ1) is 17.4. The zero-order valence-corrected chi connectivity index (χ0v) is 15.3. The lowest BCUT2D eigenvalue weighted by molar-refractivity contribution is -0.134. The Bertz CT molecular complexity index is 870. The quantitative estimate of drug-likeness (QED) is 0.606. The fraction of sp³-hybridized carbons (Fsp3) is 0.261. The highest BCUT2D eigenvalue weighted by atomic mass is 16.5. The summed E-state index contributed by atoms with van der Waals surface area (Å²) in [5, 5.41) is 0. The van der Waals surface area contributed by atoms with Gasteiger partial charge in [-0.2, -0.15) is 0 Å². The van der Waals surface area contributed by atoms with E-state index in [1.54, 1.807) is 0 Å². The van der Waals surface area contributed by atoms with E-state index in [2.05, 4.69) is 41.1 Å². The van der Waals surface area contributed by atoms with Gasteiger partial charge in [-0.3, -0.25) is 4.79 Å². The summed E-state index contributed by atoms with van der Waals surface area (Å²) < 4.78 is 7.89. The molecule has 138 valence electrons. The van der Waals surface area contributed by atoms with Gasteiger partial charge in [-0.05, 0) is 42.7 Å². The number of nitrogens with zero attached hydrogens (tertiary/aromatic N) is 2. The topological polar surface area (TPSA) is 34.5 Å². The number of hydrogen-bond acceptors (Lipinski definition) is 2. The van der Waals surface area contributed by atoms with E-state index in [0.29, 0.717) is 12.6 Å². The van der Waals surface area contributed by atoms with Crippen LogP contribution in [0.2, 0.25) is 0 Å². The van der Waals surface area contributed by atoms with Gasteiger partial charge < -0.3 is 14.2 Å². The highest BCUT2D eigenvalue weighted by molar-refractivity contribution is 5.78. The van der Waals surface area contributed by atoms with E-state index in [0.717, 1.165) is 30.8 Å². The molecule has 0 aliphatic heterocycles. The normalized spacial score (nSPS) is 13.3. The maximum Gasteiger partial charge on any atom is 0.261 e. The Morgan fingerprint density at radius 3 is 2.37 bits per heavy atom. The third-order valence-corrected chi connectivity index (χ3v) is 4.87. The third kappa shape index (κ3) is 4.59. The lowest BCUT2D eigenvalue weighted by Gasteiger charge is -2.23. The van der Waals surface area contributed by atoms with E-state index in [9.17, 15) is 4.79 Å². The molecule has 0 N–H and O–H groups in total. The van der Waals surface area contributed by atoms with Gasteiger partial charge in [0.05, 0.1) is 6.54 Å². The first-order valence-corrected chi connectivity index (χ1v) is 9.45. The summed E-state index contributed by atoms with van der Waals surface area (Å²) in [4.78, 5) is 14.8. The molecular weight excluding hydrogens is 336 g/mol. The zero-order valence-electron chi connectivity index (χ0n) is 15.3. The van der Waals surface area contributed by atoms with E-state index < -0.39 is 0 Å². The van der Waals surface area contributed by atoms with E-state index in [-0.39, 0.29) is 12.5 Å². The maximum absolute atomic E-state index is 12.8. The number of para-hydroxylation sites is 1. The summed E-state index contributed by atoms with van der Waals surface area (Å²) in [5.74, 6) is 0.780. The molecule has 2 aromatic carbocycles. The molecule has 4 rings (SSSR count). The molecule has 1 amide bonds. The first-order valence-electron chi connectivity index (χ1n) is 9.45. The van der Waals surface area contributed by atoms with Crippen LogP contribution in [0.1, 0.15) is 24.1 Å². The Morgan fingerprint density at radius 1 is 0.963 bits per heavy atom. The van der Waals surface area contributed by atoms with Gasteiger partial charge in [0, 0.05) is 24.5 Å². The van der Waals surface area contributed by atoms with Crippen molar-refractivity contribution in [3.63, 3.8) is 0 Å². The van der Waals surface area contributed by atoms with Crippen molar-refractivity contribution < 1.29 is 9.53 Å². The molecule has 0 saturated heterocycles. The van der Waals surface area contributed by atoms with Crippen molar-refractivity contribution in [1.82, 2.24) is 9.47 Å². The van der Waals surface area contributed by atoms with Crippen molar-refractivity contribution in [3.05, 3.63) is 90.3 Å². The van der Waals surface area contributed by atoms with Gasteiger partial charge in [0.1, 0.15) is 5.75 Å². The predicted molar refractivity (Wildman–Crippen MR) is 105 cm³/mol. The van der Waals surface area contributed by atoms with Gasteiger partial charge in [-0.1, -0.05) is 48.5 Å². The third-order valence-electron chi connectivity index (χ3n) is 4.87. The summed E-state index contributed by atoms with van der Waals surface area (Å²) in [6.45, 7) is 1.53. The average molecular weight is 360 g/mol. The minimum atomic E-state index is 0.0498. The standard InChI is InChI=1S/C23H24N2O2/c26-23(18-27-22-11-5-2-6-12-22)25(20-13-14-20)17-21-10-7-15-24(21)16-19-8-3-1-4-9-19/h1-12,15,20H,13-14,16-18H2. The molecule has 1 heterocycles. The highest BCUT2D eigenvalue weighted by Crippen LogP contribution is 2.29. The summed E-state index contributed by atoms with van der Waals surface area (Å²) >= 11 is 0. The van der Waals surface area contributed by atoms with Crippen LogP contribution in [0.15, 0.2) is 79.0 Å². The van der Waals surface area contributed by atoms with Crippen molar-refractivity contribution in [2.75, 3.05) is 6.61 Å². The fourth-order valence-electron chi connectivity index (χ4n) is 3.25. The van der Waals surface area contributed by atoms with Crippen LogP contribution in [0.25, 0.3) is 0 Å². The summed E-state index contributed by atoms with van der Waals surface area (Å²) in [6, 6.07) is 24.4. The van der Waals surface area contributed by atoms with E-state index >= 15 is 0 Å². The Labute approximate surface area is 160 Å². The number of hydrogen-bond donors (Lipinski definition) is 0. The SMILES string of the molecule is O=C(COc1ccccc1)N(Cc1cccn1Cc1ccccc1)C1CC1. The van der Waals surface area contributed by atoms with Crippen LogP contribution in [-0.4, -0.2) is 28.0 Å². The number of carbonyl (C=O) groups excluding carboxylic acids is 1. The summed E-state index contributed by atoms with van der Waals surface area (Å²) in [5.41, 5.74) is 2.41. The second kappa shape index (κ2) is 8.12. The Balaban J connectivity index is 1.42. The second-order valence-electron chi connectivity index (χ2n) is 6.97. The molecule has 0 atom stereocenters.